The number of benzene rings is 2. The molecule has 0 fully saturated rings. The third-order valence-electron chi connectivity index (χ3n) is 3.62. The van der Waals surface area contributed by atoms with Crippen molar-refractivity contribution in [1.82, 2.24) is 4.72 Å². The van der Waals surface area contributed by atoms with Crippen LogP contribution in [0.5, 0.6) is 0 Å². The van der Waals surface area contributed by atoms with Gasteiger partial charge in [-0.1, -0.05) is 38.1 Å². The number of rotatable bonds is 5. The van der Waals surface area contributed by atoms with Gasteiger partial charge in [0.2, 0.25) is 10.0 Å². The van der Waals surface area contributed by atoms with E-state index in [9.17, 15) is 17.2 Å². The summed E-state index contributed by atoms with van der Waals surface area (Å²) < 4.78 is 53.5. The molecule has 0 bridgehead atoms. The van der Waals surface area contributed by atoms with Crippen molar-refractivity contribution in [1.29, 1.82) is 0 Å². The first-order chi connectivity index (χ1) is 10.7. The molecule has 3 nitrogen and oxygen atoms in total. The molecule has 23 heavy (non-hydrogen) atoms. The Morgan fingerprint density at radius 2 is 1.48 bits per heavy atom. The Labute approximate surface area is 135 Å². The Hall–Kier alpha value is -1.79. The van der Waals surface area contributed by atoms with Gasteiger partial charge in [-0.05, 0) is 36.1 Å². The Kier molecular flexibility index (Phi) is 5.16. The molecule has 2 aromatic carbocycles. The largest absolute Gasteiger partial charge is 0.244 e. The summed E-state index contributed by atoms with van der Waals surface area (Å²) in [6.45, 7) is 5.81. The van der Waals surface area contributed by atoms with Gasteiger partial charge in [0.1, 0.15) is 16.5 Å². The second kappa shape index (κ2) is 6.76. The van der Waals surface area contributed by atoms with Crippen LogP contribution in [0.15, 0.2) is 47.4 Å². The highest BCUT2D eigenvalue weighted by Crippen LogP contribution is 2.22. The zero-order chi connectivity index (χ0) is 17.2. The van der Waals surface area contributed by atoms with E-state index in [4.69, 9.17) is 0 Å². The number of nitrogens with one attached hydrogen (secondary N) is 1. The number of sulfonamides is 1. The molecule has 1 unspecified atom stereocenters. The molecular weight excluding hydrogens is 320 g/mol. The Morgan fingerprint density at radius 3 is 2.00 bits per heavy atom. The van der Waals surface area contributed by atoms with Gasteiger partial charge in [0.25, 0.3) is 0 Å². The van der Waals surface area contributed by atoms with Gasteiger partial charge in [-0.25, -0.2) is 21.9 Å². The molecule has 0 aliphatic carbocycles. The van der Waals surface area contributed by atoms with E-state index in [1.54, 1.807) is 6.92 Å². The molecule has 0 saturated heterocycles. The maximum atomic E-state index is 13.7. The molecule has 1 N–H and O–H groups in total. The number of hydrogen-bond donors (Lipinski definition) is 1. The first-order valence-electron chi connectivity index (χ1n) is 7.28. The highest BCUT2D eigenvalue weighted by Gasteiger charge is 2.22. The standard InChI is InChI=1S/C17H19F2NO2S/c1-11(2)13-4-6-14(7-5-13)12(3)20-23(21,22)17-9-8-15(18)10-16(17)19/h4-12,20H,1-3H3. The molecule has 0 aliphatic heterocycles. The summed E-state index contributed by atoms with van der Waals surface area (Å²) in [4.78, 5) is -0.565. The Bertz CT molecular complexity index is 787. The van der Waals surface area contributed by atoms with Crippen molar-refractivity contribution in [2.24, 2.45) is 0 Å². The van der Waals surface area contributed by atoms with Crippen molar-refractivity contribution in [3.05, 3.63) is 65.2 Å². The van der Waals surface area contributed by atoms with E-state index in [2.05, 4.69) is 18.6 Å². The van der Waals surface area contributed by atoms with Crippen LogP contribution in [-0.2, 0) is 10.0 Å². The lowest BCUT2D eigenvalue weighted by Gasteiger charge is -2.16. The van der Waals surface area contributed by atoms with Crippen LogP contribution in [0.25, 0.3) is 0 Å². The lowest BCUT2D eigenvalue weighted by molar-refractivity contribution is 0.536. The summed E-state index contributed by atoms with van der Waals surface area (Å²) in [5, 5.41) is 0. The average molecular weight is 339 g/mol. The maximum Gasteiger partial charge on any atom is 0.244 e. The van der Waals surface area contributed by atoms with Crippen LogP contribution in [0.3, 0.4) is 0 Å². The summed E-state index contributed by atoms with van der Waals surface area (Å²) in [5.41, 5.74) is 1.91. The summed E-state index contributed by atoms with van der Waals surface area (Å²) >= 11 is 0. The third-order valence-corrected chi connectivity index (χ3v) is 5.19. The van der Waals surface area contributed by atoms with E-state index < -0.39 is 32.6 Å². The van der Waals surface area contributed by atoms with Crippen molar-refractivity contribution >= 4 is 10.0 Å². The minimum atomic E-state index is -4.07. The van der Waals surface area contributed by atoms with Gasteiger partial charge >= 0.3 is 0 Å². The zero-order valence-electron chi connectivity index (χ0n) is 13.2. The quantitative estimate of drug-likeness (QED) is 0.890. The number of halogens is 2. The average Bonchev–Trinajstić information content (AvgIpc) is 2.46. The van der Waals surface area contributed by atoms with E-state index in [1.807, 2.05) is 24.3 Å². The molecule has 0 saturated carbocycles. The van der Waals surface area contributed by atoms with Crippen LogP contribution in [0.1, 0.15) is 43.9 Å². The summed E-state index contributed by atoms with van der Waals surface area (Å²) in [5.74, 6) is -1.55. The predicted molar refractivity (Wildman–Crippen MR) is 85.6 cm³/mol. The monoisotopic (exact) mass is 339 g/mol. The first-order valence-corrected chi connectivity index (χ1v) is 8.76. The lowest BCUT2D eigenvalue weighted by Crippen LogP contribution is -2.27. The summed E-state index contributed by atoms with van der Waals surface area (Å²) in [6.07, 6.45) is 0. The normalized spacial score (nSPS) is 13.3. The minimum absolute atomic E-state index is 0.379. The van der Waals surface area contributed by atoms with Crippen LogP contribution >= 0.6 is 0 Å². The Morgan fingerprint density at radius 1 is 0.913 bits per heavy atom. The molecule has 0 heterocycles. The van der Waals surface area contributed by atoms with E-state index >= 15 is 0 Å². The van der Waals surface area contributed by atoms with Gasteiger partial charge in [-0.3, -0.25) is 0 Å². The van der Waals surface area contributed by atoms with E-state index in [0.717, 1.165) is 23.3 Å². The van der Waals surface area contributed by atoms with Crippen molar-refractivity contribution < 1.29 is 17.2 Å². The van der Waals surface area contributed by atoms with Crippen LogP contribution in [0, 0.1) is 11.6 Å². The lowest BCUT2D eigenvalue weighted by atomic mass is 10.00. The van der Waals surface area contributed by atoms with Gasteiger partial charge in [0.15, 0.2) is 0 Å². The summed E-state index contributed by atoms with van der Waals surface area (Å²) in [6, 6.07) is 9.39. The fourth-order valence-corrected chi connectivity index (χ4v) is 3.52. The van der Waals surface area contributed by atoms with E-state index in [0.29, 0.717) is 12.0 Å². The molecular formula is C17H19F2NO2S. The molecule has 124 valence electrons. The van der Waals surface area contributed by atoms with E-state index in [1.165, 1.54) is 0 Å². The second-order valence-corrected chi connectivity index (χ2v) is 7.42. The van der Waals surface area contributed by atoms with Crippen molar-refractivity contribution in [2.45, 2.75) is 37.6 Å². The molecule has 0 aromatic heterocycles. The molecule has 0 amide bonds. The highest BCUT2D eigenvalue weighted by molar-refractivity contribution is 7.89. The maximum absolute atomic E-state index is 13.7. The first kappa shape index (κ1) is 17.6. The molecule has 2 rings (SSSR count). The van der Waals surface area contributed by atoms with Gasteiger partial charge in [0.05, 0.1) is 0 Å². The molecule has 0 radical (unpaired) electrons. The van der Waals surface area contributed by atoms with Crippen molar-refractivity contribution in [3.8, 4) is 0 Å². The van der Waals surface area contributed by atoms with Gasteiger partial charge in [-0.2, -0.15) is 0 Å². The molecule has 1 atom stereocenters. The molecule has 0 aliphatic rings. The number of hydrogen-bond acceptors (Lipinski definition) is 2. The van der Waals surface area contributed by atoms with Gasteiger partial charge in [0, 0.05) is 12.1 Å². The molecule has 2 aromatic rings. The van der Waals surface area contributed by atoms with Crippen LogP contribution in [0.2, 0.25) is 0 Å². The van der Waals surface area contributed by atoms with E-state index in [-0.39, 0.29) is 0 Å². The predicted octanol–water partition coefficient (Wildman–Crippen LogP) is 4.13. The minimum Gasteiger partial charge on any atom is -0.207 e. The van der Waals surface area contributed by atoms with Crippen LogP contribution in [0.4, 0.5) is 8.78 Å². The van der Waals surface area contributed by atoms with Crippen molar-refractivity contribution in [2.75, 3.05) is 0 Å². The molecule has 6 heteroatoms. The Balaban J connectivity index is 2.22. The summed E-state index contributed by atoms with van der Waals surface area (Å²) in [7, 11) is -4.07. The van der Waals surface area contributed by atoms with Crippen LogP contribution < -0.4 is 4.72 Å². The SMILES string of the molecule is CC(C)c1ccc(C(C)NS(=O)(=O)c2ccc(F)cc2F)cc1. The fourth-order valence-electron chi connectivity index (χ4n) is 2.23. The fraction of sp³-hybridized carbons (Fsp3) is 0.294. The van der Waals surface area contributed by atoms with Crippen molar-refractivity contribution in [3.63, 3.8) is 0 Å². The molecule has 0 spiro atoms. The third kappa shape index (κ3) is 4.14. The topological polar surface area (TPSA) is 46.2 Å². The smallest absolute Gasteiger partial charge is 0.207 e. The van der Waals surface area contributed by atoms with Gasteiger partial charge < -0.3 is 0 Å². The van der Waals surface area contributed by atoms with Gasteiger partial charge in [-0.15, -0.1) is 0 Å². The van der Waals surface area contributed by atoms with Crippen LogP contribution in [-0.4, -0.2) is 8.42 Å². The second-order valence-electron chi connectivity index (χ2n) is 5.74. The zero-order valence-corrected chi connectivity index (χ0v) is 14.0. The highest BCUT2D eigenvalue weighted by atomic mass is 32.2.